The predicted molar refractivity (Wildman–Crippen MR) is 66.8 cm³/mol. The van der Waals surface area contributed by atoms with Crippen molar-refractivity contribution < 1.29 is 35.0 Å². The Morgan fingerprint density at radius 1 is 0.667 bits per heavy atom. The van der Waals surface area contributed by atoms with E-state index in [4.69, 9.17) is 0 Å². The monoisotopic (exact) mass is 331 g/mol. The van der Waals surface area contributed by atoms with Gasteiger partial charge in [0.05, 0.1) is 0 Å². The summed E-state index contributed by atoms with van der Waals surface area (Å²) in [5.74, 6) is 0. The molecule has 0 unspecified atom stereocenters. The third-order valence-electron chi connectivity index (χ3n) is 2.65. The SMILES string of the molecule is CCC[CH2][Sn]([CH2]CCC)[CH2]CCC.[Na+].[OH-]. The molecule has 0 aliphatic rings. The molecule has 0 saturated carbocycles. The molecule has 0 heterocycles. The molecule has 0 aliphatic carbocycles. The summed E-state index contributed by atoms with van der Waals surface area (Å²) in [4.78, 5) is 0. The van der Waals surface area contributed by atoms with Crippen LogP contribution in [0.4, 0.5) is 0 Å². The molecule has 0 aliphatic heterocycles. The second-order valence-electron chi connectivity index (χ2n) is 4.06. The Balaban J connectivity index is -0.000000720. The minimum atomic E-state index is -0.839. The van der Waals surface area contributed by atoms with Gasteiger partial charge in [0.2, 0.25) is 0 Å². The molecule has 0 amide bonds. The molecule has 15 heavy (non-hydrogen) atoms. The third kappa shape index (κ3) is 15.8. The van der Waals surface area contributed by atoms with Crippen LogP contribution < -0.4 is 29.6 Å². The maximum Gasteiger partial charge on any atom is 1.00 e. The van der Waals surface area contributed by atoms with Crippen LogP contribution in [-0.4, -0.2) is 25.2 Å². The second kappa shape index (κ2) is 18.1. The Morgan fingerprint density at radius 2 is 0.933 bits per heavy atom. The van der Waals surface area contributed by atoms with E-state index in [2.05, 4.69) is 20.8 Å². The van der Waals surface area contributed by atoms with Crippen molar-refractivity contribution in [1.82, 2.24) is 0 Å². The van der Waals surface area contributed by atoms with Gasteiger partial charge in [-0.1, -0.05) is 0 Å². The Kier molecular flexibility index (Phi) is 26.6. The van der Waals surface area contributed by atoms with Gasteiger partial charge in [0, 0.05) is 0 Å². The fourth-order valence-corrected chi connectivity index (χ4v) is 11.1. The van der Waals surface area contributed by atoms with Crippen molar-refractivity contribution in [2.75, 3.05) is 0 Å². The molecule has 1 nitrogen and oxygen atoms in total. The first-order valence-electron chi connectivity index (χ1n) is 6.18. The quantitative estimate of drug-likeness (QED) is 0.592. The molecule has 1 radical (unpaired) electrons. The maximum atomic E-state index is 2.33. The van der Waals surface area contributed by atoms with Crippen LogP contribution >= 0.6 is 0 Å². The van der Waals surface area contributed by atoms with Gasteiger partial charge in [-0.25, -0.2) is 0 Å². The van der Waals surface area contributed by atoms with Crippen molar-refractivity contribution >= 4 is 19.8 Å². The first kappa shape index (κ1) is 22.0. The summed E-state index contributed by atoms with van der Waals surface area (Å²) in [6.45, 7) is 7.00. The van der Waals surface area contributed by atoms with Crippen LogP contribution in [0.15, 0.2) is 0 Å². The molecule has 1 N–H and O–H groups in total. The summed E-state index contributed by atoms with van der Waals surface area (Å²) >= 11 is -0.839. The third-order valence-corrected chi connectivity index (χ3v) is 11.7. The van der Waals surface area contributed by atoms with Gasteiger partial charge in [-0.2, -0.15) is 0 Å². The van der Waals surface area contributed by atoms with Crippen molar-refractivity contribution in [3.05, 3.63) is 0 Å². The second-order valence-corrected chi connectivity index (χ2v) is 12.6. The van der Waals surface area contributed by atoms with E-state index < -0.39 is 19.8 Å². The molecule has 0 aromatic heterocycles. The first-order chi connectivity index (χ1) is 6.35. The van der Waals surface area contributed by atoms with E-state index in [9.17, 15) is 0 Å². The Hall–Kier alpha value is 1.76. The number of hydrogen-bond acceptors (Lipinski definition) is 1. The van der Waals surface area contributed by atoms with E-state index >= 15 is 0 Å². The fraction of sp³-hybridized carbons (Fsp3) is 1.00. The Labute approximate surface area is 126 Å². The van der Waals surface area contributed by atoms with Crippen LogP contribution in [0.25, 0.3) is 0 Å². The van der Waals surface area contributed by atoms with Crippen molar-refractivity contribution in [3.8, 4) is 0 Å². The van der Waals surface area contributed by atoms with Gasteiger partial charge in [-0.3, -0.25) is 0 Å². The average molecular weight is 330 g/mol. The molecule has 0 aromatic carbocycles. The van der Waals surface area contributed by atoms with E-state index in [1.165, 1.54) is 38.5 Å². The molecule has 0 rings (SSSR count). The molecule has 0 fully saturated rings. The van der Waals surface area contributed by atoms with E-state index in [1.807, 2.05) is 0 Å². The van der Waals surface area contributed by atoms with Gasteiger partial charge in [0.15, 0.2) is 0 Å². The molecule has 0 atom stereocenters. The topological polar surface area (TPSA) is 30.0 Å². The van der Waals surface area contributed by atoms with E-state index in [0.717, 1.165) is 0 Å². The summed E-state index contributed by atoms with van der Waals surface area (Å²) < 4.78 is 5.04. The van der Waals surface area contributed by atoms with Crippen molar-refractivity contribution in [2.24, 2.45) is 0 Å². The fourth-order valence-electron chi connectivity index (χ4n) is 1.66. The Morgan fingerprint density at radius 3 is 1.13 bits per heavy atom. The molecular weight excluding hydrogens is 302 g/mol. The van der Waals surface area contributed by atoms with Crippen molar-refractivity contribution in [3.63, 3.8) is 0 Å². The maximum absolute atomic E-state index is 2.33. The first-order valence-corrected chi connectivity index (χ1v) is 12.2. The van der Waals surface area contributed by atoms with Gasteiger partial charge in [-0.05, 0) is 0 Å². The minimum absolute atomic E-state index is 0. The van der Waals surface area contributed by atoms with Crippen molar-refractivity contribution in [1.29, 1.82) is 0 Å². The van der Waals surface area contributed by atoms with Gasteiger partial charge in [0.25, 0.3) is 0 Å². The molecule has 0 aromatic rings. The van der Waals surface area contributed by atoms with Gasteiger partial charge in [0.1, 0.15) is 0 Å². The smallest absolute Gasteiger partial charge is 0.870 e. The van der Waals surface area contributed by atoms with Crippen molar-refractivity contribution in [2.45, 2.75) is 72.6 Å². The molecule has 0 bridgehead atoms. The van der Waals surface area contributed by atoms with Crippen LogP contribution in [0.3, 0.4) is 0 Å². The summed E-state index contributed by atoms with van der Waals surface area (Å²) in [5.41, 5.74) is 0. The van der Waals surface area contributed by atoms with Crippen LogP contribution in [0.1, 0.15) is 59.3 Å². The average Bonchev–Trinajstić information content (AvgIpc) is 2.17. The zero-order valence-corrected chi connectivity index (χ0v) is 16.2. The normalized spacial score (nSPS) is 9.60. The zero-order valence-electron chi connectivity index (χ0n) is 11.3. The Bertz CT molecular complexity index is 82.6. The largest absolute Gasteiger partial charge is 1.00 e. The molecular formula is C12H28NaOSn. The van der Waals surface area contributed by atoms with E-state index in [1.54, 1.807) is 13.3 Å². The standard InChI is InChI=1S/3C4H9.Na.H2O.Sn/c3*1-3-4-2;;;/h3*1,3-4H2,2H3;;1H2;/q;;;+1;;/p-1. The molecule has 0 saturated heterocycles. The minimum Gasteiger partial charge on any atom is -0.870 e. The summed E-state index contributed by atoms with van der Waals surface area (Å²) in [7, 11) is 0. The van der Waals surface area contributed by atoms with Gasteiger partial charge < -0.3 is 5.48 Å². The zero-order chi connectivity index (χ0) is 9.94. The number of unbranched alkanes of at least 4 members (excludes halogenated alkanes) is 3. The van der Waals surface area contributed by atoms with Crippen LogP contribution in [-0.2, 0) is 0 Å². The van der Waals surface area contributed by atoms with Crippen LogP contribution in [0.5, 0.6) is 0 Å². The van der Waals surface area contributed by atoms with Crippen LogP contribution in [0, 0.1) is 0 Å². The number of rotatable bonds is 9. The summed E-state index contributed by atoms with van der Waals surface area (Å²) in [6.07, 6.45) is 8.85. The van der Waals surface area contributed by atoms with Crippen LogP contribution in [0.2, 0.25) is 13.3 Å². The molecule has 3 heteroatoms. The van der Waals surface area contributed by atoms with E-state index in [0.29, 0.717) is 0 Å². The predicted octanol–water partition coefficient (Wildman–Crippen LogP) is 1.71. The van der Waals surface area contributed by atoms with E-state index in [-0.39, 0.29) is 35.0 Å². The molecule has 0 spiro atoms. The van der Waals surface area contributed by atoms with Gasteiger partial charge >= 0.3 is 122 Å². The number of hydrogen-bond donors (Lipinski definition) is 0. The summed E-state index contributed by atoms with van der Waals surface area (Å²) in [5, 5.41) is 0. The summed E-state index contributed by atoms with van der Waals surface area (Å²) in [6, 6.07) is 0. The van der Waals surface area contributed by atoms with Gasteiger partial charge in [-0.15, -0.1) is 0 Å². The molecule has 87 valence electrons.